The highest BCUT2D eigenvalue weighted by atomic mass is 32.1. The molecular weight excluding hydrogens is 320 g/mol. The summed E-state index contributed by atoms with van der Waals surface area (Å²) in [5.74, 6) is -0.0945. The van der Waals surface area contributed by atoms with E-state index in [4.69, 9.17) is 14.2 Å². The Bertz CT molecular complexity index is 672. The van der Waals surface area contributed by atoms with E-state index in [1.54, 1.807) is 44.2 Å². The molecule has 0 bridgehead atoms. The highest BCUT2D eigenvalue weighted by molar-refractivity contribution is 7.11. The van der Waals surface area contributed by atoms with Crippen LogP contribution in [0, 0.1) is 0 Å². The molecule has 122 valence electrons. The number of carbonyl (C=O) groups is 2. The first-order valence-electron chi connectivity index (χ1n) is 6.99. The topological polar surface area (TPSA) is 86.8 Å². The van der Waals surface area contributed by atoms with Crippen LogP contribution in [0.2, 0.25) is 0 Å². The van der Waals surface area contributed by atoms with E-state index >= 15 is 0 Å². The molecule has 1 aromatic heterocycles. The van der Waals surface area contributed by atoms with Gasteiger partial charge in [-0.1, -0.05) is 18.2 Å². The number of anilines is 1. The maximum Gasteiger partial charge on any atom is 0.417 e. The fourth-order valence-electron chi connectivity index (χ4n) is 1.69. The molecule has 0 aliphatic rings. The molecular formula is C15H16N2O5S. The van der Waals surface area contributed by atoms with E-state index in [1.165, 1.54) is 0 Å². The van der Waals surface area contributed by atoms with Gasteiger partial charge < -0.3 is 14.2 Å². The van der Waals surface area contributed by atoms with E-state index in [9.17, 15) is 9.59 Å². The molecule has 8 heteroatoms. The van der Waals surface area contributed by atoms with Crippen LogP contribution in [-0.4, -0.2) is 29.6 Å². The molecule has 7 nitrogen and oxygen atoms in total. The molecule has 0 fully saturated rings. The zero-order valence-corrected chi connectivity index (χ0v) is 13.5. The molecule has 0 radical (unpaired) electrons. The van der Waals surface area contributed by atoms with Crippen LogP contribution >= 0.6 is 11.5 Å². The van der Waals surface area contributed by atoms with E-state index in [-0.39, 0.29) is 23.1 Å². The van der Waals surface area contributed by atoms with E-state index in [2.05, 4.69) is 9.69 Å². The maximum atomic E-state index is 12.0. The average molecular weight is 336 g/mol. The summed E-state index contributed by atoms with van der Waals surface area (Å²) in [6.07, 6.45) is -0.728. The third kappa shape index (κ3) is 4.43. The quantitative estimate of drug-likeness (QED) is 0.814. The van der Waals surface area contributed by atoms with Gasteiger partial charge in [0, 0.05) is 0 Å². The fraction of sp³-hybridized carbons (Fsp3) is 0.267. The molecule has 0 spiro atoms. The first kappa shape index (κ1) is 16.8. The normalized spacial score (nSPS) is 10.0. The number of aromatic nitrogens is 1. The molecule has 0 saturated carbocycles. The summed E-state index contributed by atoms with van der Waals surface area (Å²) in [6, 6.07) is 8.58. The van der Waals surface area contributed by atoms with E-state index in [1.807, 2.05) is 0 Å². The number of rotatable bonds is 6. The van der Waals surface area contributed by atoms with Crippen LogP contribution in [0.25, 0.3) is 0 Å². The van der Waals surface area contributed by atoms with Crippen LogP contribution in [-0.2, 0) is 4.74 Å². The lowest BCUT2D eigenvalue weighted by molar-refractivity contribution is 0.0523. The average Bonchev–Trinajstić information content (AvgIpc) is 2.91. The van der Waals surface area contributed by atoms with Gasteiger partial charge in [-0.2, -0.15) is 4.37 Å². The highest BCUT2D eigenvalue weighted by Crippen LogP contribution is 2.31. The molecule has 0 aliphatic heterocycles. The summed E-state index contributed by atoms with van der Waals surface area (Å²) in [7, 11) is 0. The number of para-hydroxylation sites is 1. The second-order valence-electron chi connectivity index (χ2n) is 4.17. The van der Waals surface area contributed by atoms with Crippen molar-refractivity contribution in [1.82, 2.24) is 4.37 Å². The van der Waals surface area contributed by atoms with Gasteiger partial charge in [-0.3, -0.25) is 5.32 Å². The van der Waals surface area contributed by atoms with Gasteiger partial charge in [0.05, 0.1) is 13.2 Å². The minimum Gasteiger partial charge on any atom is -0.477 e. The number of nitrogens with one attached hydrogen (secondary N) is 1. The SMILES string of the molecule is CCOC(=O)c1c(OCC)nsc1NC(=O)Oc1ccccc1. The van der Waals surface area contributed by atoms with Gasteiger partial charge in [0.1, 0.15) is 10.8 Å². The Morgan fingerprint density at radius 3 is 2.57 bits per heavy atom. The standard InChI is InChI=1S/C15H16N2O5S/c1-3-20-12-11(14(18)21-4-2)13(23-17-12)16-15(19)22-10-8-6-5-7-9-10/h5-9H,3-4H2,1-2H3,(H,16,19). The minimum absolute atomic E-state index is 0.0868. The van der Waals surface area contributed by atoms with Gasteiger partial charge in [-0.25, -0.2) is 9.59 Å². The first-order valence-corrected chi connectivity index (χ1v) is 7.76. The Hall–Kier alpha value is -2.61. The predicted molar refractivity (Wildman–Crippen MR) is 85.3 cm³/mol. The van der Waals surface area contributed by atoms with Crippen molar-refractivity contribution in [1.29, 1.82) is 0 Å². The second kappa shape index (κ2) is 8.14. The highest BCUT2D eigenvalue weighted by Gasteiger charge is 2.25. The number of esters is 1. The molecule has 2 aromatic rings. The largest absolute Gasteiger partial charge is 0.477 e. The number of carbonyl (C=O) groups excluding carboxylic acids is 2. The second-order valence-corrected chi connectivity index (χ2v) is 4.95. The van der Waals surface area contributed by atoms with Crippen molar-refractivity contribution in [3.05, 3.63) is 35.9 Å². The number of hydrogen-bond donors (Lipinski definition) is 1. The van der Waals surface area contributed by atoms with Crippen LogP contribution in [0.5, 0.6) is 11.6 Å². The van der Waals surface area contributed by atoms with Gasteiger partial charge in [0.25, 0.3) is 0 Å². The lowest BCUT2D eigenvalue weighted by Gasteiger charge is -2.07. The minimum atomic E-state index is -0.728. The maximum absolute atomic E-state index is 12.0. The Morgan fingerprint density at radius 2 is 1.91 bits per heavy atom. The number of amides is 1. The Balaban J connectivity index is 2.15. The van der Waals surface area contributed by atoms with Crippen LogP contribution in [0.1, 0.15) is 24.2 Å². The van der Waals surface area contributed by atoms with Gasteiger partial charge in [0.15, 0.2) is 5.56 Å². The molecule has 23 heavy (non-hydrogen) atoms. The van der Waals surface area contributed by atoms with Crippen LogP contribution in [0.4, 0.5) is 9.80 Å². The summed E-state index contributed by atoms with van der Waals surface area (Å²) in [5.41, 5.74) is 0.0868. The van der Waals surface area contributed by atoms with Crippen molar-refractivity contribution < 1.29 is 23.8 Å². The summed E-state index contributed by atoms with van der Waals surface area (Å²) < 4.78 is 19.4. The third-order valence-electron chi connectivity index (χ3n) is 2.59. The molecule has 0 saturated heterocycles. The monoisotopic (exact) mass is 336 g/mol. The Labute approximate surface area is 137 Å². The van der Waals surface area contributed by atoms with Crippen molar-refractivity contribution in [3.8, 4) is 11.6 Å². The zero-order chi connectivity index (χ0) is 16.7. The van der Waals surface area contributed by atoms with Crippen LogP contribution in [0.3, 0.4) is 0 Å². The molecule has 1 amide bonds. The molecule has 1 N–H and O–H groups in total. The van der Waals surface area contributed by atoms with Crippen molar-refractivity contribution >= 4 is 28.6 Å². The third-order valence-corrected chi connectivity index (χ3v) is 3.34. The Morgan fingerprint density at radius 1 is 1.17 bits per heavy atom. The summed E-state index contributed by atoms with van der Waals surface area (Å²) >= 11 is 0.921. The summed E-state index contributed by atoms with van der Waals surface area (Å²) in [4.78, 5) is 24.0. The van der Waals surface area contributed by atoms with Crippen LogP contribution in [0.15, 0.2) is 30.3 Å². The van der Waals surface area contributed by atoms with E-state index < -0.39 is 12.1 Å². The molecule has 1 heterocycles. The lowest BCUT2D eigenvalue weighted by atomic mass is 10.3. The van der Waals surface area contributed by atoms with E-state index in [0.29, 0.717) is 12.4 Å². The number of nitrogens with zero attached hydrogens (tertiary/aromatic N) is 1. The Kier molecular flexibility index (Phi) is 5.93. The number of benzene rings is 1. The summed E-state index contributed by atoms with van der Waals surface area (Å²) in [5, 5.41) is 2.71. The number of hydrogen-bond acceptors (Lipinski definition) is 7. The van der Waals surface area contributed by atoms with Gasteiger partial charge >= 0.3 is 12.1 Å². The molecule has 1 aromatic carbocycles. The lowest BCUT2D eigenvalue weighted by Crippen LogP contribution is -2.18. The van der Waals surface area contributed by atoms with Crippen molar-refractivity contribution in [2.45, 2.75) is 13.8 Å². The van der Waals surface area contributed by atoms with E-state index in [0.717, 1.165) is 11.5 Å². The zero-order valence-electron chi connectivity index (χ0n) is 12.7. The summed E-state index contributed by atoms with van der Waals surface area (Å²) in [6.45, 7) is 4.00. The fourth-order valence-corrected chi connectivity index (χ4v) is 2.40. The van der Waals surface area contributed by atoms with Gasteiger partial charge in [-0.15, -0.1) is 0 Å². The smallest absolute Gasteiger partial charge is 0.417 e. The van der Waals surface area contributed by atoms with Crippen molar-refractivity contribution in [2.75, 3.05) is 18.5 Å². The van der Waals surface area contributed by atoms with Crippen molar-refractivity contribution in [3.63, 3.8) is 0 Å². The van der Waals surface area contributed by atoms with Gasteiger partial charge in [0.2, 0.25) is 5.88 Å². The molecule has 0 aliphatic carbocycles. The molecule has 0 unspecified atom stereocenters. The predicted octanol–water partition coefficient (Wildman–Crippen LogP) is 3.33. The van der Waals surface area contributed by atoms with Crippen LogP contribution < -0.4 is 14.8 Å². The van der Waals surface area contributed by atoms with Crippen molar-refractivity contribution in [2.24, 2.45) is 0 Å². The molecule has 0 atom stereocenters. The first-order chi connectivity index (χ1) is 11.2. The molecule has 2 rings (SSSR count). The van der Waals surface area contributed by atoms with Gasteiger partial charge in [-0.05, 0) is 37.5 Å². The number of ether oxygens (including phenoxy) is 3.